The number of aliphatic carboxylic acids is 1. The molecule has 4 heteroatoms. The number of carbonyl (C=O) groups excluding carboxylic acids is 1. The Balaban J connectivity index is 3.36. The lowest BCUT2D eigenvalue weighted by Gasteiger charge is -2.06. The van der Waals surface area contributed by atoms with Crippen molar-refractivity contribution in [2.45, 2.75) is 58.8 Å². The molecule has 0 aliphatic rings. The van der Waals surface area contributed by atoms with Gasteiger partial charge in [0.2, 0.25) is 0 Å². The van der Waals surface area contributed by atoms with Crippen molar-refractivity contribution >= 4 is 11.9 Å². The van der Waals surface area contributed by atoms with Crippen molar-refractivity contribution in [3.05, 3.63) is 0 Å². The Labute approximate surface area is 103 Å². The second-order valence-electron chi connectivity index (χ2n) is 4.41. The lowest BCUT2D eigenvalue weighted by atomic mass is 10.0. The van der Waals surface area contributed by atoms with Crippen molar-refractivity contribution in [2.24, 2.45) is 5.92 Å². The molecule has 0 aliphatic heterocycles. The van der Waals surface area contributed by atoms with Crippen LogP contribution >= 0.6 is 0 Å². The number of carbonyl (C=O) groups is 2. The monoisotopic (exact) mass is 244 g/mol. The van der Waals surface area contributed by atoms with E-state index in [-0.39, 0.29) is 11.9 Å². The summed E-state index contributed by atoms with van der Waals surface area (Å²) >= 11 is 0. The van der Waals surface area contributed by atoms with Crippen LogP contribution in [0, 0.1) is 5.92 Å². The predicted molar refractivity (Wildman–Crippen MR) is 65.8 cm³/mol. The fourth-order valence-electron chi connectivity index (χ4n) is 1.45. The van der Waals surface area contributed by atoms with Gasteiger partial charge in [-0.3, -0.25) is 9.59 Å². The SMILES string of the molecule is CCCCCOC(=O)CCCCC(C)C(=O)O. The maximum absolute atomic E-state index is 11.2. The summed E-state index contributed by atoms with van der Waals surface area (Å²) in [5.74, 6) is -1.26. The van der Waals surface area contributed by atoms with Gasteiger partial charge in [0, 0.05) is 6.42 Å². The molecule has 0 saturated heterocycles. The third-order valence-corrected chi connectivity index (χ3v) is 2.70. The van der Waals surface area contributed by atoms with Crippen LogP contribution in [0.3, 0.4) is 0 Å². The molecule has 0 aliphatic carbocycles. The Morgan fingerprint density at radius 1 is 1.18 bits per heavy atom. The van der Waals surface area contributed by atoms with Gasteiger partial charge in [-0.05, 0) is 19.3 Å². The molecule has 0 aromatic rings. The summed E-state index contributed by atoms with van der Waals surface area (Å²) in [6.45, 7) is 4.30. The van der Waals surface area contributed by atoms with Gasteiger partial charge in [-0.2, -0.15) is 0 Å². The van der Waals surface area contributed by atoms with E-state index < -0.39 is 5.97 Å². The Morgan fingerprint density at radius 2 is 1.88 bits per heavy atom. The third-order valence-electron chi connectivity index (χ3n) is 2.70. The van der Waals surface area contributed by atoms with Crippen LogP contribution in [0.15, 0.2) is 0 Å². The largest absolute Gasteiger partial charge is 0.481 e. The molecule has 1 N–H and O–H groups in total. The average molecular weight is 244 g/mol. The van der Waals surface area contributed by atoms with Gasteiger partial charge in [0.15, 0.2) is 0 Å². The molecule has 0 bridgehead atoms. The topological polar surface area (TPSA) is 63.6 Å². The van der Waals surface area contributed by atoms with E-state index in [0.717, 1.165) is 25.7 Å². The van der Waals surface area contributed by atoms with Crippen molar-refractivity contribution in [3.63, 3.8) is 0 Å². The molecule has 0 rings (SSSR count). The maximum atomic E-state index is 11.2. The third kappa shape index (κ3) is 9.85. The first kappa shape index (κ1) is 15.9. The number of ether oxygens (including phenoxy) is 1. The van der Waals surface area contributed by atoms with Gasteiger partial charge < -0.3 is 9.84 Å². The number of hydrogen-bond donors (Lipinski definition) is 1. The molecular weight excluding hydrogens is 220 g/mol. The van der Waals surface area contributed by atoms with E-state index in [1.165, 1.54) is 0 Å². The van der Waals surface area contributed by atoms with E-state index in [1.54, 1.807) is 6.92 Å². The van der Waals surface area contributed by atoms with Crippen LogP contribution in [0.2, 0.25) is 0 Å². The zero-order valence-electron chi connectivity index (χ0n) is 10.9. The van der Waals surface area contributed by atoms with Gasteiger partial charge in [0.25, 0.3) is 0 Å². The number of unbranched alkanes of at least 4 members (excludes halogenated alkanes) is 3. The molecule has 0 heterocycles. The summed E-state index contributed by atoms with van der Waals surface area (Å²) in [7, 11) is 0. The van der Waals surface area contributed by atoms with E-state index in [2.05, 4.69) is 6.92 Å². The molecule has 0 radical (unpaired) electrons. The molecule has 0 amide bonds. The van der Waals surface area contributed by atoms with Gasteiger partial charge in [-0.25, -0.2) is 0 Å². The quantitative estimate of drug-likeness (QED) is 0.474. The molecule has 100 valence electrons. The molecule has 0 aromatic heterocycles. The Hall–Kier alpha value is -1.06. The van der Waals surface area contributed by atoms with Crippen LogP contribution in [0.25, 0.3) is 0 Å². The molecule has 0 fully saturated rings. The average Bonchev–Trinajstić information content (AvgIpc) is 2.29. The van der Waals surface area contributed by atoms with Crippen molar-refractivity contribution in [3.8, 4) is 0 Å². The zero-order chi connectivity index (χ0) is 13.1. The normalized spacial score (nSPS) is 12.1. The van der Waals surface area contributed by atoms with Crippen LogP contribution < -0.4 is 0 Å². The van der Waals surface area contributed by atoms with E-state index in [4.69, 9.17) is 9.84 Å². The maximum Gasteiger partial charge on any atom is 0.306 e. The highest BCUT2D eigenvalue weighted by molar-refractivity contribution is 5.70. The van der Waals surface area contributed by atoms with Crippen molar-refractivity contribution < 1.29 is 19.4 Å². The molecule has 17 heavy (non-hydrogen) atoms. The summed E-state index contributed by atoms with van der Waals surface area (Å²) in [5.41, 5.74) is 0. The van der Waals surface area contributed by atoms with Gasteiger partial charge in [-0.15, -0.1) is 0 Å². The molecule has 0 saturated carbocycles. The number of rotatable bonds is 10. The lowest BCUT2D eigenvalue weighted by molar-refractivity contribution is -0.143. The van der Waals surface area contributed by atoms with Crippen LogP contribution in [-0.2, 0) is 14.3 Å². The fourth-order valence-corrected chi connectivity index (χ4v) is 1.45. The van der Waals surface area contributed by atoms with E-state index >= 15 is 0 Å². The summed E-state index contributed by atoms with van der Waals surface area (Å²) < 4.78 is 5.04. The zero-order valence-corrected chi connectivity index (χ0v) is 10.9. The minimum absolute atomic E-state index is 0.163. The Bertz CT molecular complexity index is 225. The number of hydrogen-bond acceptors (Lipinski definition) is 3. The number of esters is 1. The number of carboxylic acid groups (broad SMARTS) is 1. The first-order valence-corrected chi connectivity index (χ1v) is 6.46. The van der Waals surface area contributed by atoms with Gasteiger partial charge >= 0.3 is 11.9 Å². The molecular formula is C13H24O4. The van der Waals surface area contributed by atoms with Gasteiger partial charge in [0.05, 0.1) is 12.5 Å². The Kier molecular flexibility index (Phi) is 9.49. The first-order chi connectivity index (χ1) is 8.07. The van der Waals surface area contributed by atoms with E-state index in [0.29, 0.717) is 25.9 Å². The number of carboxylic acids is 1. The van der Waals surface area contributed by atoms with Crippen LogP contribution in [0.4, 0.5) is 0 Å². The fraction of sp³-hybridized carbons (Fsp3) is 0.846. The second-order valence-corrected chi connectivity index (χ2v) is 4.41. The standard InChI is InChI=1S/C13H24O4/c1-3-4-7-10-17-12(14)9-6-5-8-11(2)13(15)16/h11H,3-10H2,1-2H3,(H,15,16). The summed E-state index contributed by atoms with van der Waals surface area (Å²) in [6, 6.07) is 0. The second kappa shape index (κ2) is 10.1. The van der Waals surface area contributed by atoms with Gasteiger partial charge in [-0.1, -0.05) is 33.1 Å². The summed E-state index contributed by atoms with van der Waals surface area (Å²) in [4.78, 5) is 21.8. The highest BCUT2D eigenvalue weighted by Gasteiger charge is 2.10. The first-order valence-electron chi connectivity index (χ1n) is 6.46. The molecule has 1 atom stereocenters. The minimum atomic E-state index is -0.771. The van der Waals surface area contributed by atoms with Crippen LogP contribution in [0.1, 0.15) is 58.8 Å². The molecule has 1 unspecified atom stereocenters. The molecule has 0 spiro atoms. The Morgan fingerprint density at radius 3 is 2.47 bits per heavy atom. The highest BCUT2D eigenvalue weighted by atomic mass is 16.5. The smallest absolute Gasteiger partial charge is 0.306 e. The molecule has 4 nitrogen and oxygen atoms in total. The summed E-state index contributed by atoms with van der Waals surface area (Å²) in [5, 5.41) is 8.67. The summed E-state index contributed by atoms with van der Waals surface area (Å²) in [6.07, 6.45) is 5.63. The minimum Gasteiger partial charge on any atom is -0.481 e. The van der Waals surface area contributed by atoms with E-state index in [9.17, 15) is 9.59 Å². The molecule has 0 aromatic carbocycles. The van der Waals surface area contributed by atoms with E-state index in [1.807, 2.05) is 0 Å². The van der Waals surface area contributed by atoms with Crippen molar-refractivity contribution in [2.75, 3.05) is 6.61 Å². The van der Waals surface area contributed by atoms with Crippen molar-refractivity contribution in [1.82, 2.24) is 0 Å². The van der Waals surface area contributed by atoms with Gasteiger partial charge in [0.1, 0.15) is 0 Å². The predicted octanol–water partition coefficient (Wildman–Crippen LogP) is 3.00. The van der Waals surface area contributed by atoms with Crippen molar-refractivity contribution in [1.29, 1.82) is 0 Å². The lowest BCUT2D eigenvalue weighted by Crippen LogP contribution is -2.10. The van der Waals surface area contributed by atoms with Crippen LogP contribution in [-0.4, -0.2) is 23.7 Å². The highest BCUT2D eigenvalue weighted by Crippen LogP contribution is 2.10. The van der Waals surface area contributed by atoms with Crippen LogP contribution in [0.5, 0.6) is 0 Å².